The standard InChI is InChI=1S/C8H13NO6P2/c10-16(11,15-17(12)13-14-17)7-6-9-8-4-2-1-3-5-8/h1-5,9,12,17H,6-7H2,(H,10,11). The molecule has 17 heavy (non-hydrogen) atoms. The van der Waals surface area contributed by atoms with E-state index < -0.39 is 15.8 Å². The van der Waals surface area contributed by atoms with E-state index in [2.05, 4.69) is 19.0 Å². The molecule has 2 rings (SSSR count). The Bertz CT molecular complexity index is 423. The van der Waals surface area contributed by atoms with Gasteiger partial charge in [0.05, 0.1) is 0 Å². The van der Waals surface area contributed by atoms with E-state index in [0.29, 0.717) is 0 Å². The van der Waals surface area contributed by atoms with Crippen molar-refractivity contribution in [1.29, 1.82) is 0 Å². The molecule has 1 fully saturated rings. The van der Waals surface area contributed by atoms with E-state index in [-0.39, 0.29) is 12.7 Å². The van der Waals surface area contributed by atoms with Gasteiger partial charge in [-0.2, -0.15) is 0 Å². The summed E-state index contributed by atoms with van der Waals surface area (Å²) >= 11 is 0. The SMILES string of the molecule is O=P(O)(CCNc1ccccc1)O[PH]1(O)OO1. The summed E-state index contributed by atoms with van der Waals surface area (Å²) in [6.45, 7) is 0.238. The van der Waals surface area contributed by atoms with E-state index >= 15 is 0 Å². The van der Waals surface area contributed by atoms with Gasteiger partial charge >= 0.3 is 97.8 Å². The van der Waals surface area contributed by atoms with Crippen LogP contribution in [0.3, 0.4) is 0 Å². The molecule has 0 radical (unpaired) electrons. The quantitative estimate of drug-likeness (QED) is 0.414. The summed E-state index contributed by atoms with van der Waals surface area (Å²) in [5.74, 6) is 0. The fourth-order valence-electron chi connectivity index (χ4n) is 1.19. The van der Waals surface area contributed by atoms with Crippen LogP contribution in [-0.2, 0) is 18.2 Å². The van der Waals surface area contributed by atoms with Crippen molar-refractivity contribution in [2.24, 2.45) is 0 Å². The van der Waals surface area contributed by atoms with Gasteiger partial charge < -0.3 is 0 Å². The first kappa shape index (κ1) is 12.9. The van der Waals surface area contributed by atoms with Crippen LogP contribution in [0.15, 0.2) is 30.3 Å². The Morgan fingerprint density at radius 2 is 2.00 bits per heavy atom. The monoisotopic (exact) mass is 281 g/mol. The van der Waals surface area contributed by atoms with Gasteiger partial charge in [-0.15, -0.1) is 0 Å². The van der Waals surface area contributed by atoms with Gasteiger partial charge in [-0.3, -0.25) is 0 Å². The second kappa shape index (κ2) is 5.00. The van der Waals surface area contributed by atoms with Gasteiger partial charge in [0, 0.05) is 0 Å². The molecule has 1 aliphatic heterocycles. The van der Waals surface area contributed by atoms with Crippen LogP contribution in [0.5, 0.6) is 0 Å². The summed E-state index contributed by atoms with van der Waals surface area (Å²) in [4.78, 5) is 18.5. The maximum absolute atomic E-state index is 11.5. The second-order valence-electron chi connectivity index (χ2n) is 3.44. The summed E-state index contributed by atoms with van der Waals surface area (Å²) in [6.07, 6.45) is -0.149. The molecule has 3 N–H and O–H groups in total. The summed E-state index contributed by atoms with van der Waals surface area (Å²) in [5.41, 5.74) is 0.836. The molecule has 1 saturated heterocycles. The Labute approximate surface area is 98.5 Å². The van der Waals surface area contributed by atoms with Crippen molar-refractivity contribution in [2.75, 3.05) is 18.0 Å². The topological polar surface area (TPSA) is 104 Å². The molecule has 1 unspecified atom stereocenters. The van der Waals surface area contributed by atoms with Gasteiger partial charge in [-0.25, -0.2) is 0 Å². The fraction of sp³-hybridized carbons (Fsp3) is 0.250. The molecule has 96 valence electrons. The summed E-state index contributed by atoms with van der Waals surface area (Å²) in [5, 5.41) is 2.95. The number of nitrogens with one attached hydrogen (secondary N) is 1. The van der Waals surface area contributed by atoms with Gasteiger partial charge in [0.25, 0.3) is 0 Å². The van der Waals surface area contributed by atoms with Gasteiger partial charge in [0.15, 0.2) is 0 Å². The molecular formula is C8H13NO6P2. The van der Waals surface area contributed by atoms with Gasteiger partial charge in [-0.1, -0.05) is 0 Å². The molecule has 0 spiro atoms. The second-order valence-corrected chi connectivity index (χ2v) is 7.27. The van der Waals surface area contributed by atoms with Crippen LogP contribution in [0, 0.1) is 0 Å². The molecule has 1 aliphatic rings. The molecule has 9 heteroatoms. The van der Waals surface area contributed by atoms with Crippen LogP contribution in [-0.4, -0.2) is 22.5 Å². The normalized spacial score (nSPS) is 22.5. The molecule has 1 aromatic carbocycles. The molecule has 0 aromatic heterocycles. The van der Waals surface area contributed by atoms with Crippen LogP contribution in [0.4, 0.5) is 5.69 Å². The number of rotatable bonds is 6. The van der Waals surface area contributed by atoms with E-state index in [1.165, 1.54) is 0 Å². The zero-order valence-electron chi connectivity index (χ0n) is 8.78. The average molecular weight is 281 g/mol. The van der Waals surface area contributed by atoms with Crippen molar-refractivity contribution < 1.29 is 28.0 Å². The molecule has 7 nitrogen and oxygen atoms in total. The Balaban J connectivity index is 1.76. The number of hydrogen-bond donors (Lipinski definition) is 3. The van der Waals surface area contributed by atoms with E-state index in [1.54, 1.807) is 0 Å². The molecule has 1 aromatic rings. The van der Waals surface area contributed by atoms with Crippen LogP contribution < -0.4 is 5.32 Å². The number of benzene rings is 1. The minimum atomic E-state index is -3.89. The third-order valence-corrected chi connectivity index (χ3v) is 5.29. The van der Waals surface area contributed by atoms with Crippen molar-refractivity contribution >= 4 is 21.5 Å². The summed E-state index contributed by atoms with van der Waals surface area (Å²) < 4.78 is 24.2. The van der Waals surface area contributed by atoms with Crippen LogP contribution >= 0.6 is 15.8 Å². The fourth-order valence-corrected chi connectivity index (χ4v) is 3.92. The molecular weight excluding hydrogens is 268 g/mol. The molecule has 0 amide bonds. The Morgan fingerprint density at radius 1 is 1.35 bits per heavy atom. The molecule has 0 saturated carbocycles. The molecule has 1 atom stereocenters. The molecule has 0 aliphatic carbocycles. The van der Waals surface area contributed by atoms with Crippen LogP contribution in [0.25, 0.3) is 0 Å². The van der Waals surface area contributed by atoms with Crippen LogP contribution in [0.1, 0.15) is 0 Å². The Hall–Kier alpha value is -0.520. The van der Waals surface area contributed by atoms with E-state index in [9.17, 15) is 9.46 Å². The van der Waals surface area contributed by atoms with Gasteiger partial charge in [0.2, 0.25) is 0 Å². The molecule has 1 heterocycles. The first-order valence-corrected chi connectivity index (χ1v) is 8.33. The van der Waals surface area contributed by atoms with E-state index in [0.717, 1.165) is 5.69 Å². The third kappa shape index (κ3) is 4.33. The van der Waals surface area contributed by atoms with Gasteiger partial charge in [0.1, 0.15) is 0 Å². The average Bonchev–Trinajstić information content (AvgIpc) is 2.96. The van der Waals surface area contributed by atoms with Gasteiger partial charge in [-0.05, 0) is 0 Å². The predicted octanol–water partition coefficient (Wildman–Crippen LogP) is 1.66. The summed E-state index contributed by atoms with van der Waals surface area (Å²) in [6, 6.07) is 9.23. The third-order valence-electron chi connectivity index (χ3n) is 1.98. The first-order valence-electron chi connectivity index (χ1n) is 4.90. The summed E-state index contributed by atoms with van der Waals surface area (Å²) in [7, 11) is -7.60. The van der Waals surface area contributed by atoms with E-state index in [4.69, 9.17) is 4.89 Å². The number of anilines is 1. The minimum absolute atomic E-state index is 0.149. The number of hydrogen-bond acceptors (Lipinski definition) is 6. The van der Waals surface area contributed by atoms with Crippen LogP contribution in [0.2, 0.25) is 0 Å². The van der Waals surface area contributed by atoms with E-state index in [1.807, 2.05) is 30.3 Å². The Morgan fingerprint density at radius 3 is 2.59 bits per heavy atom. The first-order chi connectivity index (χ1) is 7.99. The van der Waals surface area contributed by atoms with Crippen molar-refractivity contribution in [3.63, 3.8) is 0 Å². The number of para-hydroxylation sites is 1. The van der Waals surface area contributed by atoms with Crippen molar-refractivity contribution in [2.45, 2.75) is 0 Å². The zero-order chi connectivity index (χ0) is 12.4. The predicted molar refractivity (Wildman–Crippen MR) is 63.4 cm³/mol. The molecule has 0 bridgehead atoms. The van der Waals surface area contributed by atoms with Crippen molar-refractivity contribution in [1.82, 2.24) is 0 Å². The maximum atomic E-state index is 11.5. The van der Waals surface area contributed by atoms with Crippen molar-refractivity contribution in [3.8, 4) is 0 Å². The van der Waals surface area contributed by atoms with Crippen molar-refractivity contribution in [3.05, 3.63) is 30.3 Å². The Kier molecular flexibility index (Phi) is 3.80. The zero-order valence-corrected chi connectivity index (χ0v) is 10.7.